The molecule has 2 aromatic carbocycles. The number of allylic oxidation sites excluding steroid dienone is 2. The maximum Gasteiger partial charge on any atom is 0.603 e. The summed E-state index contributed by atoms with van der Waals surface area (Å²) in [5.74, 6) is 0.583. The van der Waals surface area contributed by atoms with Crippen LogP contribution in [0.3, 0.4) is 0 Å². The van der Waals surface area contributed by atoms with Gasteiger partial charge in [-0.05, 0) is 34.9 Å². The van der Waals surface area contributed by atoms with Gasteiger partial charge in [-0.15, -0.1) is 0 Å². The molecule has 134 valence electrons. The Morgan fingerprint density at radius 2 is 1.78 bits per heavy atom. The van der Waals surface area contributed by atoms with E-state index >= 15 is 0 Å². The highest BCUT2D eigenvalue weighted by molar-refractivity contribution is 5.93. The third-order valence-corrected chi connectivity index (χ3v) is 3.94. The summed E-state index contributed by atoms with van der Waals surface area (Å²) in [5, 5.41) is 18.9. The SMILES string of the molecule is O=C(O)N1C(=CC=Cc2oc3ccccc3[n+]2C(=O)O)Oc2ccccc21. The summed E-state index contributed by atoms with van der Waals surface area (Å²) in [6.45, 7) is 0. The van der Waals surface area contributed by atoms with E-state index in [2.05, 4.69) is 0 Å². The number of rotatable bonds is 2. The molecule has 4 rings (SSSR count). The molecule has 3 aromatic rings. The predicted octanol–water partition coefficient (Wildman–Crippen LogP) is 3.68. The molecule has 0 saturated carbocycles. The van der Waals surface area contributed by atoms with Gasteiger partial charge in [0, 0.05) is 6.07 Å². The van der Waals surface area contributed by atoms with Crippen LogP contribution in [0.2, 0.25) is 0 Å². The van der Waals surface area contributed by atoms with Crippen molar-refractivity contribution < 1.29 is 33.5 Å². The number of oxazole rings is 1. The lowest BCUT2D eigenvalue weighted by Crippen LogP contribution is -2.42. The third kappa shape index (κ3) is 2.78. The number of fused-ring (bicyclic) bond motifs is 2. The molecule has 1 aromatic heterocycles. The number of para-hydroxylation sites is 4. The van der Waals surface area contributed by atoms with E-state index in [9.17, 15) is 19.8 Å². The fourth-order valence-electron chi connectivity index (χ4n) is 2.83. The molecule has 0 atom stereocenters. The van der Waals surface area contributed by atoms with Crippen LogP contribution in [-0.4, -0.2) is 22.4 Å². The van der Waals surface area contributed by atoms with Crippen molar-refractivity contribution in [3.8, 4) is 5.75 Å². The fourth-order valence-corrected chi connectivity index (χ4v) is 2.83. The number of ether oxygens (including phenoxy) is 1. The van der Waals surface area contributed by atoms with Crippen LogP contribution in [0.25, 0.3) is 17.2 Å². The van der Waals surface area contributed by atoms with Gasteiger partial charge < -0.3 is 19.4 Å². The minimum Gasteiger partial charge on any atom is -0.464 e. The number of anilines is 1. The summed E-state index contributed by atoms with van der Waals surface area (Å²) in [7, 11) is 0. The predicted molar refractivity (Wildman–Crippen MR) is 94.5 cm³/mol. The van der Waals surface area contributed by atoms with E-state index in [0.717, 1.165) is 9.47 Å². The second-order valence-corrected chi connectivity index (χ2v) is 5.58. The third-order valence-electron chi connectivity index (χ3n) is 3.94. The zero-order valence-corrected chi connectivity index (χ0v) is 13.8. The van der Waals surface area contributed by atoms with Gasteiger partial charge in [-0.1, -0.05) is 24.3 Å². The first kappa shape index (κ1) is 16.4. The van der Waals surface area contributed by atoms with Crippen LogP contribution in [0.4, 0.5) is 15.3 Å². The highest BCUT2D eigenvalue weighted by atomic mass is 16.5. The topological polar surface area (TPSA) is 104 Å². The van der Waals surface area contributed by atoms with Crippen LogP contribution in [0, 0.1) is 0 Å². The Kier molecular flexibility index (Phi) is 3.85. The number of hydrogen-bond acceptors (Lipinski definition) is 4. The molecule has 1 aliphatic heterocycles. The number of carbonyl (C=O) groups is 2. The van der Waals surface area contributed by atoms with Gasteiger partial charge in [0.25, 0.3) is 5.52 Å². The highest BCUT2D eigenvalue weighted by Gasteiger charge is 2.31. The molecule has 1 aliphatic rings. The lowest BCUT2D eigenvalue weighted by molar-refractivity contribution is -0.564. The molecule has 0 radical (unpaired) electrons. The molecule has 0 unspecified atom stereocenters. The Labute approximate surface area is 152 Å². The van der Waals surface area contributed by atoms with Crippen molar-refractivity contribution in [2.75, 3.05) is 4.90 Å². The van der Waals surface area contributed by atoms with E-state index in [1.807, 2.05) is 0 Å². The molecule has 2 heterocycles. The van der Waals surface area contributed by atoms with Gasteiger partial charge in [0.2, 0.25) is 11.5 Å². The first-order chi connectivity index (χ1) is 13.1. The van der Waals surface area contributed by atoms with Crippen molar-refractivity contribution in [3.63, 3.8) is 0 Å². The highest BCUT2D eigenvalue weighted by Crippen LogP contribution is 2.38. The summed E-state index contributed by atoms with van der Waals surface area (Å²) >= 11 is 0. The van der Waals surface area contributed by atoms with Gasteiger partial charge in [-0.25, -0.2) is 9.69 Å². The molecule has 8 heteroatoms. The molecular formula is C19H13N2O6+. The van der Waals surface area contributed by atoms with E-state index in [-0.39, 0.29) is 11.8 Å². The molecule has 2 N–H and O–H groups in total. The lowest BCUT2D eigenvalue weighted by atomic mass is 10.3. The Morgan fingerprint density at radius 1 is 1.04 bits per heavy atom. The number of aromatic nitrogens is 1. The Morgan fingerprint density at radius 3 is 2.56 bits per heavy atom. The van der Waals surface area contributed by atoms with Gasteiger partial charge in [0.05, 0.1) is 11.8 Å². The monoisotopic (exact) mass is 365 g/mol. The molecule has 27 heavy (non-hydrogen) atoms. The largest absolute Gasteiger partial charge is 0.603 e. The second kappa shape index (κ2) is 6.34. The maximum atomic E-state index is 11.5. The number of hydrogen-bond donors (Lipinski definition) is 2. The summed E-state index contributed by atoms with van der Waals surface area (Å²) in [4.78, 5) is 24.1. The van der Waals surface area contributed by atoms with Gasteiger partial charge in [-0.3, -0.25) is 0 Å². The Balaban J connectivity index is 1.70. The smallest absolute Gasteiger partial charge is 0.464 e. The summed E-state index contributed by atoms with van der Waals surface area (Å²) < 4.78 is 12.1. The average Bonchev–Trinajstić information content (AvgIpc) is 3.19. The fraction of sp³-hybridized carbons (Fsp3) is 0. The van der Waals surface area contributed by atoms with Crippen LogP contribution in [0.15, 0.2) is 71.0 Å². The number of carboxylic acid groups (broad SMARTS) is 2. The van der Waals surface area contributed by atoms with Crippen molar-refractivity contribution in [3.05, 3.63) is 72.5 Å². The van der Waals surface area contributed by atoms with Crippen molar-refractivity contribution in [1.29, 1.82) is 0 Å². The van der Waals surface area contributed by atoms with E-state index in [1.54, 1.807) is 48.5 Å². The van der Waals surface area contributed by atoms with Gasteiger partial charge in [0.1, 0.15) is 0 Å². The van der Waals surface area contributed by atoms with Crippen LogP contribution >= 0.6 is 0 Å². The van der Waals surface area contributed by atoms with Gasteiger partial charge in [-0.2, -0.15) is 4.79 Å². The van der Waals surface area contributed by atoms with E-state index in [4.69, 9.17) is 9.15 Å². The molecule has 1 amide bonds. The first-order valence-corrected chi connectivity index (χ1v) is 7.91. The quantitative estimate of drug-likeness (QED) is 0.672. The Hall–Kier alpha value is -4.07. The van der Waals surface area contributed by atoms with Crippen LogP contribution < -0.4 is 14.2 Å². The minimum atomic E-state index is -1.19. The average molecular weight is 365 g/mol. The van der Waals surface area contributed by atoms with Crippen LogP contribution in [0.1, 0.15) is 5.89 Å². The van der Waals surface area contributed by atoms with Crippen LogP contribution in [-0.2, 0) is 0 Å². The number of benzene rings is 2. The summed E-state index contributed by atoms with van der Waals surface area (Å²) in [6.07, 6.45) is 1.93. The normalized spacial score (nSPS) is 14.7. The first-order valence-electron chi connectivity index (χ1n) is 7.91. The minimum absolute atomic E-state index is 0.0814. The molecule has 0 bridgehead atoms. The van der Waals surface area contributed by atoms with Crippen LogP contribution in [0.5, 0.6) is 5.75 Å². The summed E-state index contributed by atoms with van der Waals surface area (Å²) in [5.41, 5.74) is 1.24. The number of amides is 1. The molecule has 0 fully saturated rings. The zero-order valence-electron chi connectivity index (χ0n) is 13.8. The van der Waals surface area contributed by atoms with Crippen molar-refractivity contribution >= 4 is 35.0 Å². The molecule has 0 aliphatic carbocycles. The Bertz CT molecular complexity index is 1130. The van der Waals surface area contributed by atoms with E-state index in [0.29, 0.717) is 22.5 Å². The zero-order chi connectivity index (χ0) is 19.0. The van der Waals surface area contributed by atoms with Crippen molar-refractivity contribution in [1.82, 2.24) is 0 Å². The standard InChI is InChI=1S/C19H12N2O6/c22-18(23)20-12-6-1-3-8-14(12)26-16(20)10-5-11-17-21(19(24)25)13-7-2-4-9-15(13)27-17/h1-11H,(H-,22,23,24,25)/p+1. The van der Waals surface area contributed by atoms with Crippen molar-refractivity contribution in [2.45, 2.75) is 0 Å². The second-order valence-electron chi connectivity index (χ2n) is 5.58. The summed E-state index contributed by atoms with van der Waals surface area (Å²) in [6, 6.07) is 13.5. The lowest BCUT2D eigenvalue weighted by Gasteiger charge is -2.10. The molecule has 0 saturated heterocycles. The maximum absolute atomic E-state index is 11.5. The van der Waals surface area contributed by atoms with Gasteiger partial charge >= 0.3 is 18.1 Å². The van der Waals surface area contributed by atoms with Crippen molar-refractivity contribution in [2.24, 2.45) is 0 Å². The van der Waals surface area contributed by atoms with E-state index in [1.165, 1.54) is 18.2 Å². The molecule has 0 spiro atoms. The number of nitrogens with zero attached hydrogens (tertiary/aromatic N) is 2. The van der Waals surface area contributed by atoms with E-state index < -0.39 is 12.2 Å². The van der Waals surface area contributed by atoms with Gasteiger partial charge in [0.15, 0.2) is 5.75 Å². The molecular weight excluding hydrogens is 352 g/mol. The molecule has 8 nitrogen and oxygen atoms in total.